The molecule has 1 aromatic carbocycles. The zero-order chi connectivity index (χ0) is 10.9. The van der Waals surface area contributed by atoms with Crippen molar-refractivity contribution in [1.82, 2.24) is 0 Å². The SMILES string of the molecule is Cc1c(F)cc(C(=O)C(=O)O)cc1Cl. The summed E-state index contributed by atoms with van der Waals surface area (Å²) in [4.78, 5) is 21.2. The van der Waals surface area contributed by atoms with Gasteiger partial charge in [0.15, 0.2) is 0 Å². The lowest BCUT2D eigenvalue weighted by molar-refractivity contribution is -0.131. The zero-order valence-electron chi connectivity index (χ0n) is 7.17. The largest absolute Gasteiger partial charge is 0.475 e. The number of carboxylic acid groups (broad SMARTS) is 1. The van der Waals surface area contributed by atoms with E-state index in [0.29, 0.717) is 0 Å². The van der Waals surface area contributed by atoms with Crippen molar-refractivity contribution in [3.8, 4) is 0 Å². The Morgan fingerprint density at radius 3 is 2.43 bits per heavy atom. The summed E-state index contributed by atoms with van der Waals surface area (Å²) in [6.07, 6.45) is 0. The van der Waals surface area contributed by atoms with Gasteiger partial charge in [0, 0.05) is 16.1 Å². The Hall–Kier alpha value is -1.42. The number of aliphatic carboxylic acids is 1. The normalized spacial score (nSPS) is 9.93. The molecule has 5 heteroatoms. The van der Waals surface area contributed by atoms with E-state index in [1.807, 2.05) is 0 Å². The maximum absolute atomic E-state index is 13.0. The molecule has 14 heavy (non-hydrogen) atoms. The van der Waals surface area contributed by atoms with Crippen LogP contribution in [0.15, 0.2) is 12.1 Å². The average Bonchev–Trinajstić information content (AvgIpc) is 2.12. The Morgan fingerprint density at radius 2 is 2.00 bits per heavy atom. The maximum atomic E-state index is 13.0. The van der Waals surface area contributed by atoms with Crippen LogP contribution in [0.2, 0.25) is 5.02 Å². The predicted octanol–water partition coefficient (Wildman–Crippen LogP) is 2.05. The van der Waals surface area contributed by atoms with Crippen LogP contribution < -0.4 is 0 Å². The van der Waals surface area contributed by atoms with Gasteiger partial charge in [0.05, 0.1) is 0 Å². The van der Waals surface area contributed by atoms with Gasteiger partial charge in [-0.2, -0.15) is 0 Å². The molecule has 0 aliphatic heterocycles. The lowest BCUT2D eigenvalue weighted by Crippen LogP contribution is -2.13. The number of carbonyl (C=O) groups is 2. The second-order valence-electron chi connectivity index (χ2n) is 2.70. The smallest absolute Gasteiger partial charge is 0.377 e. The standard InChI is InChI=1S/C9H6ClFO3/c1-4-6(10)2-5(3-7(4)11)8(12)9(13)14/h2-3H,1H3,(H,13,14). The third-order valence-electron chi connectivity index (χ3n) is 1.74. The highest BCUT2D eigenvalue weighted by molar-refractivity contribution is 6.40. The zero-order valence-corrected chi connectivity index (χ0v) is 7.93. The number of rotatable bonds is 2. The Kier molecular flexibility index (Phi) is 2.86. The van der Waals surface area contributed by atoms with Crippen molar-refractivity contribution >= 4 is 23.4 Å². The number of halogens is 2. The second kappa shape index (κ2) is 3.75. The molecular weight excluding hydrogens is 211 g/mol. The molecule has 1 aromatic rings. The molecule has 1 rings (SSSR count). The fraction of sp³-hybridized carbons (Fsp3) is 0.111. The molecule has 0 aromatic heterocycles. The first-order chi connectivity index (χ1) is 6.43. The lowest BCUT2D eigenvalue weighted by atomic mass is 10.1. The van der Waals surface area contributed by atoms with E-state index in [4.69, 9.17) is 16.7 Å². The van der Waals surface area contributed by atoms with Crippen molar-refractivity contribution in [3.05, 3.63) is 34.1 Å². The average molecular weight is 217 g/mol. The highest BCUT2D eigenvalue weighted by Crippen LogP contribution is 2.20. The summed E-state index contributed by atoms with van der Waals surface area (Å²) < 4.78 is 13.0. The van der Waals surface area contributed by atoms with Crippen LogP contribution in [0.5, 0.6) is 0 Å². The maximum Gasteiger partial charge on any atom is 0.377 e. The van der Waals surface area contributed by atoms with Crippen LogP contribution in [0.1, 0.15) is 15.9 Å². The van der Waals surface area contributed by atoms with E-state index >= 15 is 0 Å². The minimum Gasteiger partial charge on any atom is -0.475 e. The molecule has 0 fully saturated rings. The van der Waals surface area contributed by atoms with Crippen molar-refractivity contribution in [1.29, 1.82) is 0 Å². The Bertz CT molecular complexity index is 392. The van der Waals surface area contributed by atoms with Gasteiger partial charge in [0.1, 0.15) is 5.82 Å². The van der Waals surface area contributed by atoms with E-state index in [-0.39, 0.29) is 16.1 Å². The van der Waals surface area contributed by atoms with Crippen LogP contribution >= 0.6 is 11.6 Å². The molecule has 0 bridgehead atoms. The van der Waals surface area contributed by atoms with Gasteiger partial charge in [-0.25, -0.2) is 9.18 Å². The third-order valence-corrected chi connectivity index (χ3v) is 2.13. The Labute approximate surface area is 84.1 Å². The van der Waals surface area contributed by atoms with Crippen molar-refractivity contribution in [3.63, 3.8) is 0 Å². The number of benzene rings is 1. The predicted molar refractivity (Wildman–Crippen MR) is 48.1 cm³/mol. The molecule has 3 nitrogen and oxygen atoms in total. The van der Waals surface area contributed by atoms with Crippen molar-refractivity contribution < 1.29 is 19.1 Å². The molecule has 0 amide bonds. The van der Waals surface area contributed by atoms with Gasteiger partial charge < -0.3 is 5.11 Å². The summed E-state index contributed by atoms with van der Waals surface area (Å²) in [6, 6.07) is 1.99. The monoisotopic (exact) mass is 216 g/mol. The Morgan fingerprint density at radius 1 is 1.43 bits per heavy atom. The van der Waals surface area contributed by atoms with E-state index in [1.54, 1.807) is 0 Å². The minimum absolute atomic E-state index is 0.0367. The van der Waals surface area contributed by atoms with E-state index in [0.717, 1.165) is 12.1 Å². The number of Topliss-reactive ketones (excluding diaryl/α,β-unsaturated/α-hetero) is 1. The molecule has 74 valence electrons. The molecule has 1 N–H and O–H groups in total. The van der Waals surface area contributed by atoms with E-state index in [1.165, 1.54) is 6.92 Å². The number of carbonyl (C=O) groups excluding carboxylic acids is 1. The van der Waals surface area contributed by atoms with Gasteiger partial charge in [-0.15, -0.1) is 0 Å². The summed E-state index contributed by atoms with van der Waals surface area (Å²) in [6.45, 7) is 1.44. The van der Waals surface area contributed by atoms with Crippen LogP contribution in [0.3, 0.4) is 0 Å². The summed E-state index contributed by atoms with van der Waals surface area (Å²) in [5.74, 6) is -3.50. The fourth-order valence-corrected chi connectivity index (χ4v) is 1.11. The molecule has 0 saturated carbocycles. The molecule has 0 atom stereocenters. The van der Waals surface area contributed by atoms with Crippen LogP contribution in [0, 0.1) is 12.7 Å². The summed E-state index contributed by atoms with van der Waals surface area (Å²) in [7, 11) is 0. The van der Waals surface area contributed by atoms with Crippen LogP contribution in [0.25, 0.3) is 0 Å². The summed E-state index contributed by atoms with van der Waals surface area (Å²) in [5.41, 5.74) is -0.0702. The van der Waals surface area contributed by atoms with Gasteiger partial charge in [-0.1, -0.05) is 11.6 Å². The Balaban J connectivity index is 3.26. The molecule has 0 spiro atoms. The molecular formula is C9H6ClFO3. The molecule has 0 aliphatic carbocycles. The van der Waals surface area contributed by atoms with Gasteiger partial charge in [0.25, 0.3) is 5.78 Å². The van der Waals surface area contributed by atoms with Gasteiger partial charge >= 0.3 is 5.97 Å². The van der Waals surface area contributed by atoms with Crippen LogP contribution in [-0.4, -0.2) is 16.9 Å². The van der Waals surface area contributed by atoms with Crippen molar-refractivity contribution in [2.45, 2.75) is 6.92 Å². The molecule has 0 aliphatic rings. The molecule has 0 radical (unpaired) electrons. The first kappa shape index (κ1) is 10.7. The van der Waals surface area contributed by atoms with Gasteiger partial charge in [0.2, 0.25) is 0 Å². The minimum atomic E-state index is -1.63. The van der Waals surface area contributed by atoms with Crippen LogP contribution in [-0.2, 0) is 4.79 Å². The first-order valence-electron chi connectivity index (χ1n) is 3.66. The van der Waals surface area contributed by atoms with E-state index in [2.05, 4.69) is 0 Å². The van der Waals surface area contributed by atoms with Crippen molar-refractivity contribution in [2.24, 2.45) is 0 Å². The second-order valence-corrected chi connectivity index (χ2v) is 3.11. The quantitative estimate of drug-likeness (QED) is 0.608. The van der Waals surface area contributed by atoms with E-state index in [9.17, 15) is 14.0 Å². The molecule has 0 saturated heterocycles. The molecule has 0 unspecified atom stereocenters. The fourth-order valence-electron chi connectivity index (χ4n) is 0.900. The van der Waals surface area contributed by atoms with E-state index < -0.39 is 17.6 Å². The summed E-state index contributed by atoms with van der Waals surface area (Å²) in [5, 5.41) is 8.41. The topological polar surface area (TPSA) is 54.4 Å². The number of hydrogen-bond acceptors (Lipinski definition) is 2. The van der Waals surface area contributed by atoms with Gasteiger partial charge in [-0.3, -0.25) is 4.79 Å². The highest BCUT2D eigenvalue weighted by Gasteiger charge is 2.17. The van der Waals surface area contributed by atoms with Crippen LogP contribution in [0.4, 0.5) is 4.39 Å². The highest BCUT2D eigenvalue weighted by atomic mass is 35.5. The summed E-state index contributed by atoms with van der Waals surface area (Å²) >= 11 is 5.58. The van der Waals surface area contributed by atoms with Gasteiger partial charge in [-0.05, 0) is 19.1 Å². The first-order valence-corrected chi connectivity index (χ1v) is 4.04. The molecule has 0 heterocycles. The number of carboxylic acids is 1. The van der Waals surface area contributed by atoms with Crippen molar-refractivity contribution in [2.75, 3.05) is 0 Å². The number of hydrogen-bond donors (Lipinski definition) is 1. The number of ketones is 1. The third kappa shape index (κ3) is 1.90. The lowest BCUT2D eigenvalue weighted by Gasteiger charge is -2.02.